The minimum atomic E-state index is -4.84. The normalized spacial score (nSPS) is 23.6. The number of alkyl halides is 3. The molecule has 9 nitrogen and oxygen atoms in total. The number of methoxy groups -OCH3 is 1. The van der Waals surface area contributed by atoms with Crippen LogP contribution in [-0.2, 0) is 4.74 Å². The zero-order chi connectivity index (χ0) is 28.3. The van der Waals surface area contributed by atoms with Gasteiger partial charge < -0.3 is 25.1 Å². The number of ether oxygens (including phenoxy) is 2. The number of fused-ring (bicyclic) bond motifs is 1. The number of aromatic amines is 1. The number of hydrogen-bond donors (Lipinski definition) is 3. The molecule has 0 radical (unpaired) electrons. The van der Waals surface area contributed by atoms with Crippen LogP contribution in [0, 0.1) is 23.0 Å². The molecule has 3 heterocycles. The lowest BCUT2D eigenvalue weighted by molar-refractivity contribution is -0.275. The van der Waals surface area contributed by atoms with Gasteiger partial charge >= 0.3 is 6.18 Å². The van der Waals surface area contributed by atoms with Crippen LogP contribution in [-0.4, -0.2) is 64.6 Å². The number of nitrogens with two attached hydrogens (primary N) is 1. The van der Waals surface area contributed by atoms with E-state index >= 15 is 0 Å². The molecule has 1 saturated heterocycles. The highest BCUT2D eigenvalue weighted by molar-refractivity contribution is 6.06. The van der Waals surface area contributed by atoms with E-state index in [1.807, 2.05) is 0 Å². The van der Waals surface area contributed by atoms with Crippen molar-refractivity contribution >= 4 is 22.8 Å². The van der Waals surface area contributed by atoms with E-state index in [-0.39, 0.29) is 39.6 Å². The average Bonchev–Trinajstić information content (AvgIpc) is 3.38. The Morgan fingerprint density at radius 1 is 1.26 bits per heavy atom. The lowest BCUT2D eigenvalue weighted by atomic mass is 9.77. The number of pyridine rings is 1. The first-order valence-corrected chi connectivity index (χ1v) is 11.4. The summed E-state index contributed by atoms with van der Waals surface area (Å²) in [6.07, 6.45) is -6.28. The predicted octanol–water partition coefficient (Wildman–Crippen LogP) is 4.04. The Hall–Kier alpha value is -3.81. The van der Waals surface area contributed by atoms with Crippen molar-refractivity contribution in [1.82, 2.24) is 19.9 Å². The molecular weight excluding hydrogens is 515 g/mol. The van der Waals surface area contributed by atoms with Gasteiger partial charge in [-0.3, -0.25) is 10.2 Å². The van der Waals surface area contributed by atoms with E-state index in [2.05, 4.69) is 15.0 Å². The minimum Gasteiger partial charge on any atom is -0.493 e. The number of amidine groups is 1. The molecule has 1 aromatic carbocycles. The Kier molecular flexibility index (Phi) is 6.58. The molecule has 1 aliphatic rings. The molecule has 14 heteroatoms. The number of aromatic nitrogens is 3. The number of rotatable bonds is 5. The van der Waals surface area contributed by atoms with Crippen molar-refractivity contribution in [3.8, 4) is 5.75 Å². The van der Waals surface area contributed by atoms with Crippen LogP contribution < -0.4 is 10.5 Å². The molecule has 3 aromatic rings. The second-order valence-electron chi connectivity index (χ2n) is 9.42. The monoisotopic (exact) mass is 540 g/mol. The number of H-pyrrole nitrogens is 1. The summed E-state index contributed by atoms with van der Waals surface area (Å²) in [6.45, 7) is 2.17. The Morgan fingerprint density at radius 3 is 2.47 bits per heavy atom. The minimum absolute atomic E-state index is 0.0459. The number of halogens is 5. The first kappa shape index (κ1) is 27.2. The first-order chi connectivity index (χ1) is 17.6. The number of benzene rings is 1. The van der Waals surface area contributed by atoms with Crippen LogP contribution in [0.4, 0.5) is 22.0 Å². The van der Waals surface area contributed by atoms with Gasteiger partial charge in [0, 0.05) is 31.5 Å². The van der Waals surface area contributed by atoms with Crippen LogP contribution in [0.3, 0.4) is 0 Å². The summed E-state index contributed by atoms with van der Waals surface area (Å²) < 4.78 is 82.2. The van der Waals surface area contributed by atoms with E-state index < -0.39 is 53.0 Å². The van der Waals surface area contributed by atoms with E-state index in [0.29, 0.717) is 0 Å². The second kappa shape index (κ2) is 9.19. The predicted molar refractivity (Wildman–Crippen MR) is 126 cm³/mol. The van der Waals surface area contributed by atoms with Crippen molar-refractivity contribution in [2.45, 2.75) is 37.6 Å². The summed E-state index contributed by atoms with van der Waals surface area (Å²) in [5.74, 6) is -6.78. The molecule has 1 aliphatic heterocycles. The van der Waals surface area contributed by atoms with Crippen LogP contribution >= 0.6 is 0 Å². The molecule has 0 unspecified atom stereocenters. The third-order valence-electron chi connectivity index (χ3n) is 6.99. The molecule has 0 spiro atoms. The Morgan fingerprint density at radius 2 is 1.92 bits per heavy atom. The summed E-state index contributed by atoms with van der Waals surface area (Å²) in [4.78, 5) is 24.7. The summed E-state index contributed by atoms with van der Waals surface area (Å²) in [5, 5.41) is 8.35. The van der Waals surface area contributed by atoms with E-state index in [0.717, 1.165) is 26.2 Å². The summed E-state index contributed by atoms with van der Waals surface area (Å²) in [6, 6.07) is 3.22. The SMILES string of the molecule is COc1c([C@H]2[C@H](c3nc4c(C(=N)N(C)C)nc(C(N)=O)cc4[nH]3)O[C@@](C)(C(F)(F)F)[C@H]2C)ccc(F)c1F. The summed E-state index contributed by atoms with van der Waals surface area (Å²) in [7, 11) is 4.20. The van der Waals surface area contributed by atoms with Crippen LogP contribution in [0.5, 0.6) is 5.75 Å². The van der Waals surface area contributed by atoms with Crippen LogP contribution in [0.2, 0.25) is 0 Å². The number of nitrogens with one attached hydrogen (secondary N) is 2. The molecule has 4 N–H and O–H groups in total. The Labute approximate surface area is 213 Å². The molecule has 0 saturated carbocycles. The van der Waals surface area contributed by atoms with Gasteiger partial charge in [0.25, 0.3) is 5.91 Å². The molecule has 4 atom stereocenters. The van der Waals surface area contributed by atoms with Crippen molar-refractivity contribution in [3.05, 3.63) is 52.6 Å². The van der Waals surface area contributed by atoms with Crippen molar-refractivity contribution < 1.29 is 36.2 Å². The molecule has 0 aliphatic carbocycles. The fourth-order valence-corrected chi connectivity index (χ4v) is 4.72. The first-order valence-electron chi connectivity index (χ1n) is 11.4. The quantitative estimate of drug-likeness (QED) is 0.254. The van der Waals surface area contributed by atoms with Gasteiger partial charge in [0.15, 0.2) is 17.2 Å². The average molecular weight is 540 g/mol. The molecule has 38 heavy (non-hydrogen) atoms. The van der Waals surface area contributed by atoms with E-state index in [1.54, 1.807) is 14.1 Å². The third-order valence-corrected chi connectivity index (χ3v) is 6.99. The number of carbonyl (C=O) groups excluding carboxylic acids is 1. The van der Waals surface area contributed by atoms with Crippen molar-refractivity contribution in [2.75, 3.05) is 21.2 Å². The fraction of sp³-hybridized carbons (Fsp3) is 0.417. The smallest absolute Gasteiger partial charge is 0.417 e. The number of imidazole rings is 1. The van der Waals surface area contributed by atoms with Gasteiger partial charge in [-0.1, -0.05) is 13.0 Å². The van der Waals surface area contributed by atoms with Gasteiger partial charge in [-0.25, -0.2) is 14.4 Å². The highest BCUT2D eigenvalue weighted by atomic mass is 19.4. The van der Waals surface area contributed by atoms with Crippen molar-refractivity contribution in [1.29, 1.82) is 5.41 Å². The number of nitrogens with zero attached hydrogens (tertiary/aromatic N) is 3. The second-order valence-corrected chi connectivity index (χ2v) is 9.42. The zero-order valence-corrected chi connectivity index (χ0v) is 21.0. The molecule has 204 valence electrons. The largest absolute Gasteiger partial charge is 0.493 e. The topological polar surface area (TPSA) is 130 Å². The molecule has 1 amide bonds. The maximum Gasteiger partial charge on any atom is 0.417 e. The lowest BCUT2D eigenvalue weighted by Crippen LogP contribution is -2.46. The van der Waals surface area contributed by atoms with E-state index in [4.69, 9.17) is 20.6 Å². The van der Waals surface area contributed by atoms with Gasteiger partial charge in [0.2, 0.25) is 5.82 Å². The van der Waals surface area contributed by atoms with Gasteiger partial charge in [-0.2, -0.15) is 17.6 Å². The van der Waals surface area contributed by atoms with E-state index in [1.165, 1.54) is 17.9 Å². The standard InChI is InChI=1S/C24H25F5N6O3/c1-9-14(10-6-7-11(25)15(26)18(10)37-5)19(38-23(9,2)24(27,28)29)22-33-12-8-13(21(31)36)32-17(16(12)34-22)20(30)35(3)4/h6-9,14,19,30H,1-5H3,(H2,31,36)(H,33,34)/t9-,14-,19+,23+/m0/s1. The maximum atomic E-state index is 14.6. The number of primary amides is 1. The number of amides is 1. The Balaban J connectivity index is 1.98. The summed E-state index contributed by atoms with van der Waals surface area (Å²) in [5.41, 5.74) is 2.64. The highest BCUT2D eigenvalue weighted by Crippen LogP contribution is 2.59. The zero-order valence-electron chi connectivity index (χ0n) is 21.0. The Bertz CT molecular complexity index is 1440. The molecule has 2 aromatic heterocycles. The van der Waals surface area contributed by atoms with Gasteiger partial charge in [0.1, 0.15) is 34.7 Å². The van der Waals surface area contributed by atoms with Crippen LogP contribution in [0.25, 0.3) is 11.0 Å². The number of hydrogen-bond acceptors (Lipinski definition) is 6. The van der Waals surface area contributed by atoms with Crippen LogP contribution in [0.15, 0.2) is 18.2 Å². The van der Waals surface area contributed by atoms with Crippen molar-refractivity contribution in [3.63, 3.8) is 0 Å². The maximum absolute atomic E-state index is 14.6. The molecule has 4 rings (SSSR count). The van der Waals surface area contributed by atoms with Gasteiger partial charge in [-0.05, 0) is 19.1 Å². The molecular formula is C24H25F5N6O3. The van der Waals surface area contributed by atoms with E-state index in [9.17, 15) is 26.7 Å². The van der Waals surface area contributed by atoms with Crippen LogP contribution in [0.1, 0.15) is 53.4 Å². The highest BCUT2D eigenvalue weighted by Gasteiger charge is 2.65. The summed E-state index contributed by atoms with van der Waals surface area (Å²) >= 11 is 0. The lowest BCUT2D eigenvalue weighted by Gasteiger charge is -2.32. The molecule has 1 fully saturated rings. The third kappa shape index (κ3) is 4.12. The van der Waals surface area contributed by atoms with Crippen molar-refractivity contribution in [2.24, 2.45) is 11.7 Å². The fourth-order valence-electron chi connectivity index (χ4n) is 4.72. The van der Waals surface area contributed by atoms with Gasteiger partial charge in [0.05, 0.1) is 12.6 Å². The molecule has 0 bridgehead atoms. The van der Waals surface area contributed by atoms with Gasteiger partial charge in [-0.15, -0.1) is 0 Å². The number of carbonyl (C=O) groups is 1.